The Morgan fingerprint density at radius 1 is 1.15 bits per heavy atom. The molecular formula is C19H16F2N2O2S. The molecule has 2 aliphatic rings. The van der Waals surface area contributed by atoms with Gasteiger partial charge in [0.1, 0.15) is 17.0 Å². The molecule has 1 aliphatic carbocycles. The zero-order valence-corrected chi connectivity index (χ0v) is 14.6. The minimum absolute atomic E-state index is 0.00117. The van der Waals surface area contributed by atoms with Gasteiger partial charge in [0.15, 0.2) is 0 Å². The van der Waals surface area contributed by atoms with Gasteiger partial charge >= 0.3 is 0 Å². The largest absolute Gasteiger partial charge is 0.326 e. The molecule has 0 bridgehead atoms. The summed E-state index contributed by atoms with van der Waals surface area (Å²) in [5.74, 6) is -1.40. The van der Waals surface area contributed by atoms with Gasteiger partial charge in [0.05, 0.1) is 11.4 Å². The zero-order valence-electron chi connectivity index (χ0n) is 13.7. The van der Waals surface area contributed by atoms with E-state index in [2.05, 4.69) is 5.32 Å². The van der Waals surface area contributed by atoms with Crippen LogP contribution in [0.5, 0.6) is 0 Å². The number of rotatable bonds is 4. The summed E-state index contributed by atoms with van der Waals surface area (Å²) in [5.41, 5.74) is 1.48. The van der Waals surface area contributed by atoms with Crippen LogP contribution in [0, 0.1) is 17.6 Å². The number of hydrogen-bond donors (Lipinski definition) is 1. The zero-order chi connectivity index (χ0) is 18.3. The lowest BCUT2D eigenvalue weighted by molar-refractivity contribution is -0.117. The highest BCUT2D eigenvalue weighted by Crippen LogP contribution is 2.43. The second-order valence-corrected chi connectivity index (χ2v) is 7.48. The fraction of sp³-hybridized carbons (Fsp3) is 0.263. The number of nitrogens with zero attached hydrogens (tertiary/aromatic N) is 1. The summed E-state index contributed by atoms with van der Waals surface area (Å²) in [4.78, 5) is 25.6. The van der Waals surface area contributed by atoms with Crippen molar-refractivity contribution in [3.63, 3.8) is 0 Å². The highest BCUT2D eigenvalue weighted by Gasteiger charge is 2.36. The molecule has 2 fully saturated rings. The number of carbonyl (C=O) groups excluding carboxylic acids is 2. The normalized spacial score (nSPS) is 19.7. The average Bonchev–Trinajstić information content (AvgIpc) is 3.39. The van der Waals surface area contributed by atoms with Crippen LogP contribution in [0.1, 0.15) is 23.8 Å². The van der Waals surface area contributed by atoms with Crippen molar-refractivity contribution in [1.29, 1.82) is 0 Å². The smallest absolute Gasteiger partial charge is 0.238 e. The lowest BCUT2D eigenvalue weighted by Crippen LogP contribution is -2.28. The molecule has 2 amide bonds. The van der Waals surface area contributed by atoms with Gasteiger partial charge in [-0.15, -0.1) is 11.8 Å². The van der Waals surface area contributed by atoms with E-state index in [-0.39, 0.29) is 29.2 Å². The molecule has 1 saturated carbocycles. The third-order valence-electron chi connectivity index (χ3n) is 4.42. The molecule has 1 saturated heterocycles. The number of thioether (sulfide) groups is 1. The summed E-state index contributed by atoms with van der Waals surface area (Å²) < 4.78 is 27.4. The molecule has 134 valence electrons. The molecule has 4 nitrogen and oxygen atoms in total. The molecule has 1 aliphatic heterocycles. The Hall–Kier alpha value is -2.41. The maximum absolute atomic E-state index is 14.2. The molecule has 26 heavy (non-hydrogen) atoms. The fourth-order valence-electron chi connectivity index (χ4n) is 2.97. The van der Waals surface area contributed by atoms with E-state index < -0.39 is 17.0 Å². The molecule has 1 atom stereocenters. The van der Waals surface area contributed by atoms with E-state index in [1.165, 1.54) is 22.7 Å². The third-order valence-corrected chi connectivity index (χ3v) is 5.64. The van der Waals surface area contributed by atoms with Gasteiger partial charge in [0.2, 0.25) is 11.8 Å². The van der Waals surface area contributed by atoms with Crippen LogP contribution in [-0.2, 0) is 9.59 Å². The van der Waals surface area contributed by atoms with Crippen molar-refractivity contribution in [1.82, 2.24) is 0 Å². The van der Waals surface area contributed by atoms with E-state index in [1.54, 1.807) is 18.2 Å². The average molecular weight is 374 g/mol. The maximum Gasteiger partial charge on any atom is 0.238 e. The van der Waals surface area contributed by atoms with Crippen LogP contribution in [0.2, 0.25) is 0 Å². The monoisotopic (exact) mass is 374 g/mol. The van der Waals surface area contributed by atoms with E-state index in [4.69, 9.17) is 0 Å². The van der Waals surface area contributed by atoms with Crippen LogP contribution in [0.15, 0.2) is 42.5 Å². The number of benzene rings is 2. The van der Waals surface area contributed by atoms with Gasteiger partial charge in [0.25, 0.3) is 0 Å². The molecule has 0 unspecified atom stereocenters. The van der Waals surface area contributed by atoms with Crippen LogP contribution in [0.25, 0.3) is 0 Å². The van der Waals surface area contributed by atoms with Crippen LogP contribution in [0.3, 0.4) is 0 Å². The lowest BCUT2D eigenvalue weighted by atomic mass is 10.1. The molecule has 2 aromatic rings. The summed E-state index contributed by atoms with van der Waals surface area (Å²) in [6, 6.07) is 10.4. The number of anilines is 2. The van der Waals surface area contributed by atoms with Crippen LogP contribution >= 0.6 is 11.8 Å². The Balaban J connectivity index is 1.63. The molecule has 1 N–H and O–H groups in total. The molecular weight excluding hydrogens is 358 g/mol. The number of nitrogens with one attached hydrogen (secondary N) is 1. The molecule has 2 aromatic carbocycles. The number of halogens is 2. The van der Waals surface area contributed by atoms with E-state index in [1.807, 2.05) is 6.07 Å². The van der Waals surface area contributed by atoms with Crippen molar-refractivity contribution >= 4 is 35.0 Å². The van der Waals surface area contributed by atoms with Gasteiger partial charge in [-0.3, -0.25) is 14.5 Å². The van der Waals surface area contributed by atoms with Gasteiger partial charge < -0.3 is 5.32 Å². The van der Waals surface area contributed by atoms with Crippen molar-refractivity contribution in [2.45, 2.75) is 18.2 Å². The highest BCUT2D eigenvalue weighted by molar-refractivity contribution is 8.00. The van der Waals surface area contributed by atoms with E-state index in [0.717, 1.165) is 30.5 Å². The standard InChI is InChI=1S/C19H16F2N2O2S/c20-13-6-7-16(15(21)9-13)23-17(24)10-26-19(23)12-2-1-3-14(8-12)22-18(25)11-4-5-11/h1-3,6-9,11,19H,4-5,10H2,(H,22,25)/t19-/m1/s1. The molecule has 1 heterocycles. The third kappa shape index (κ3) is 3.31. The van der Waals surface area contributed by atoms with Gasteiger partial charge in [-0.05, 0) is 42.7 Å². The quantitative estimate of drug-likeness (QED) is 0.877. The van der Waals surface area contributed by atoms with Crippen molar-refractivity contribution in [3.05, 3.63) is 59.7 Å². The predicted molar refractivity (Wildman–Crippen MR) is 96.8 cm³/mol. The first-order valence-electron chi connectivity index (χ1n) is 8.32. The molecule has 0 radical (unpaired) electrons. The minimum Gasteiger partial charge on any atom is -0.326 e. The summed E-state index contributed by atoms with van der Waals surface area (Å²) in [6.45, 7) is 0. The highest BCUT2D eigenvalue weighted by atomic mass is 32.2. The first-order chi connectivity index (χ1) is 12.5. The maximum atomic E-state index is 14.2. The van der Waals surface area contributed by atoms with Gasteiger partial charge in [-0.1, -0.05) is 12.1 Å². The Bertz CT molecular complexity index is 886. The minimum atomic E-state index is -0.774. The van der Waals surface area contributed by atoms with E-state index in [9.17, 15) is 18.4 Å². The van der Waals surface area contributed by atoms with Crippen molar-refractivity contribution in [3.8, 4) is 0 Å². The second-order valence-electron chi connectivity index (χ2n) is 6.41. The SMILES string of the molecule is O=C(Nc1cccc([C@H]2SCC(=O)N2c2ccc(F)cc2F)c1)C1CC1. The van der Waals surface area contributed by atoms with Crippen molar-refractivity contribution in [2.75, 3.05) is 16.0 Å². The predicted octanol–water partition coefficient (Wildman–Crippen LogP) is 4.09. The van der Waals surface area contributed by atoms with E-state index >= 15 is 0 Å². The topological polar surface area (TPSA) is 49.4 Å². The molecule has 7 heteroatoms. The van der Waals surface area contributed by atoms with Crippen LogP contribution in [-0.4, -0.2) is 17.6 Å². The van der Waals surface area contributed by atoms with Gasteiger partial charge in [-0.25, -0.2) is 8.78 Å². The Morgan fingerprint density at radius 3 is 2.69 bits per heavy atom. The first-order valence-corrected chi connectivity index (χ1v) is 9.37. The number of hydrogen-bond acceptors (Lipinski definition) is 3. The Labute approximate surface area is 153 Å². The van der Waals surface area contributed by atoms with Gasteiger partial charge in [-0.2, -0.15) is 0 Å². The number of amides is 2. The first kappa shape index (κ1) is 17.0. The fourth-order valence-corrected chi connectivity index (χ4v) is 4.13. The number of carbonyl (C=O) groups is 2. The van der Waals surface area contributed by atoms with Crippen molar-refractivity contribution < 1.29 is 18.4 Å². The molecule has 4 rings (SSSR count). The molecule has 0 spiro atoms. The Morgan fingerprint density at radius 2 is 1.96 bits per heavy atom. The summed E-state index contributed by atoms with van der Waals surface area (Å²) in [5, 5.41) is 2.45. The summed E-state index contributed by atoms with van der Waals surface area (Å²) in [6.07, 6.45) is 1.83. The summed E-state index contributed by atoms with van der Waals surface area (Å²) >= 11 is 1.37. The van der Waals surface area contributed by atoms with Crippen molar-refractivity contribution in [2.24, 2.45) is 5.92 Å². The Kier molecular flexibility index (Phi) is 4.40. The van der Waals surface area contributed by atoms with E-state index in [0.29, 0.717) is 5.69 Å². The van der Waals surface area contributed by atoms with Gasteiger partial charge in [0, 0.05) is 17.7 Å². The van der Waals surface area contributed by atoms with Crippen LogP contribution in [0.4, 0.5) is 20.2 Å². The summed E-state index contributed by atoms with van der Waals surface area (Å²) in [7, 11) is 0. The lowest BCUT2D eigenvalue weighted by Gasteiger charge is -2.25. The molecule has 0 aromatic heterocycles. The van der Waals surface area contributed by atoms with Crippen LogP contribution < -0.4 is 10.2 Å². The second kappa shape index (κ2) is 6.72.